The topological polar surface area (TPSA) is 191 Å². The van der Waals surface area contributed by atoms with Gasteiger partial charge in [-0.3, -0.25) is 0 Å². The number of ether oxygens (including phenoxy) is 6. The molecule has 3 aliphatic heterocycles. The summed E-state index contributed by atoms with van der Waals surface area (Å²) >= 11 is 0. The van der Waals surface area contributed by atoms with Crippen LogP contribution < -0.4 is 0 Å². The lowest BCUT2D eigenvalue weighted by Crippen LogP contribution is -2.63. The Morgan fingerprint density at radius 1 is 0.959 bits per heavy atom. The maximum atomic E-state index is 13.2. The number of carbonyl (C=O) groups excluding carboxylic acids is 2. The lowest BCUT2D eigenvalue weighted by molar-refractivity contribution is -0.345. The molecule has 17 atom stereocenters. The second kappa shape index (κ2) is 13.5. The molecule has 7 aliphatic rings. The normalized spacial score (nSPS) is 52.8. The fourth-order valence-corrected chi connectivity index (χ4v) is 11.5. The first kappa shape index (κ1) is 35.9. The van der Waals surface area contributed by atoms with Crippen LogP contribution in [0.3, 0.4) is 0 Å². The molecule has 0 spiro atoms. The van der Waals surface area contributed by atoms with Gasteiger partial charge in [0, 0.05) is 30.4 Å². The zero-order valence-electron chi connectivity index (χ0n) is 28.7. The summed E-state index contributed by atoms with van der Waals surface area (Å²) in [6.07, 6.45) is 0.732. The summed E-state index contributed by atoms with van der Waals surface area (Å²) in [6.45, 7) is 3.75. The van der Waals surface area contributed by atoms with Crippen molar-refractivity contribution in [2.75, 3.05) is 20.3 Å². The van der Waals surface area contributed by atoms with E-state index in [-0.39, 0.29) is 41.2 Å². The van der Waals surface area contributed by atoms with Crippen molar-refractivity contribution in [1.29, 1.82) is 0 Å². The molecule has 4 aliphatic carbocycles. The van der Waals surface area contributed by atoms with Crippen LogP contribution in [0.4, 0.5) is 0 Å². The van der Waals surface area contributed by atoms with E-state index in [1.165, 1.54) is 6.29 Å². The lowest BCUT2D eigenvalue weighted by Gasteiger charge is -2.63. The number of aliphatic hydroxyl groups excluding tert-OH is 4. The molecule has 7 rings (SSSR count). The van der Waals surface area contributed by atoms with E-state index >= 15 is 0 Å². The molecule has 0 unspecified atom stereocenters. The number of aldehydes is 1. The highest BCUT2D eigenvalue weighted by Crippen LogP contribution is 2.69. The number of methoxy groups -OCH3 is 1. The SMILES string of the molecule is CO[C@H]1C[C@@H](O[C@H]2CC[C@@]3(C=O)[C@@H](CC[C@H]4[C@H]3CC[C@]3(C)[C@H](C5=CC(=O)OC5)CC[C@]43O)C2)O[C@H](C)[C@@H]1O[C@H]1O[C@@H](CO)[C@H](O)[C@@H](O)[C@@H]1O. The van der Waals surface area contributed by atoms with Crippen LogP contribution in [0.2, 0.25) is 0 Å². The minimum atomic E-state index is -1.56. The van der Waals surface area contributed by atoms with Crippen molar-refractivity contribution in [2.45, 2.75) is 145 Å². The van der Waals surface area contributed by atoms with Gasteiger partial charge >= 0.3 is 5.97 Å². The first-order valence-corrected chi connectivity index (χ1v) is 18.2. The smallest absolute Gasteiger partial charge is 0.331 e. The van der Waals surface area contributed by atoms with Crippen molar-refractivity contribution in [3.05, 3.63) is 11.6 Å². The maximum absolute atomic E-state index is 13.2. The quantitative estimate of drug-likeness (QED) is 0.138. The molecule has 3 heterocycles. The van der Waals surface area contributed by atoms with Gasteiger partial charge in [-0.2, -0.15) is 0 Å². The second-order valence-electron chi connectivity index (χ2n) is 16.1. The average Bonchev–Trinajstić information content (AvgIpc) is 3.64. The van der Waals surface area contributed by atoms with Crippen molar-refractivity contribution in [2.24, 2.45) is 34.5 Å². The summed E-state index contributed by atoms with van der Waals surface area (Å²) in [7, 11) is 1.55. The van der Waals surface area contributed by atoms with Crippen LogP contribution in [0.5, 0.6) is 0 Å². The predicted molar refractivity (Wildman–Crippen MR) is 169 cm³/mol. The summed E-state index contributed by atoms with van der Waals surface area (Å²) in [5.41, 5.74) is -0.761. The monoisotopic (exact) mass is 694 g/mol. The Kier molecular flexibility index (Phi) is 9.86. The number of carbonyl (C=O) groups is 2. The van der Waals surface area contributed by atoms with Crippen molar-refractivity contribution in [1.82, 2.24) is 0 Å². The van der Waals surface area contributed by atoms with Crippen LogP contribution in [0.1, 0.15) is 78.1 Å². The molecular formula is C36H54O13. The fourth-order valence-electron chi connectivity index (χ4n) is 11.5. The number of aliphatic hydroxyl groups is 5. The first-order valence-electron chi connectivity index (χ1n) is 18.2. The molecule has 0 amide bonds. The highest BCUT2D eigenvalue weighted by molar-refractivity contribution is 5.85. The minimum Gasteiger partial charge on any atom is -0.458 e. The van der Waals surface area contributed by atoms with E-state index < -0.39 is 72.9 Å². The van der Waals surface area contributed by atoms with Gasteiger partial charge in [-0.25, -0.2) is 4.79 Å². The Balaban J connectivity index is 0.990. The van der Waals surface area contributed by atoms with Gasteiger partial charge in [0.25, 0.3) is 0 Å². The number of fused-ring (bicyclic) bond motifs is 5. The highest BCUT2D eigenvalue weighted by Gasteiger charge is 2.68. The fraction of sp³-hybridized carbons (Fsp3) is 0.889. The third-order valence-corrected chi connectivity index (χ3v) is 14.1. The van der Waals surface area contributed by atoms with Crippen LogP contribution in [0.25, 0.3) is 0 Å². The van der Waals surface area contributed by atoms with E-state index in [0.29, 0.717) is 32.3 Å². The highest BCUT2D eigenvalue weighted by atomic mass is 16.7. The molecule has 5 N–H and O–H groups in total. The average molecular weight is 695 g/mol. The first-order chi connectivity index (χ1) is 23.4. The van der Waals surface area contributed by atoms with E-state index in [2.05, 4.69) is 6.92 Å². The third-order valence-electron chi connectivity index (χ3n) is 14.1. The van der Waals surface area contributed by atoms with E-state index in [1.54, 1.807) is 20.1 Å². The molecule has 6 fully saturated rings. The van der Waals surface area contributed by atoms with Gasteiger partial charge in [0.15, 0.2) is 12.6 Å². The Morgan fingerprint density at radius 2 is 1.76 bits per heavy atom. The molecule has 4 saturated carbocycles. The third kappa shape index (κ3) is 5.75. The number of cyclic esters (lactones) is 1. The van der Waals surface area contributed by atoms with Gasteiger partial charge < -0.3 is 58.7 Å². The van der Waals surface area contributed by atoms with Gasteiger partial charge in [-0.05, 0) is 94.0 Å². The molecular weight excluding hydrogens is 640 g/mol. The molecule has 276 valence electrons. The van der Waals surface area contributed by atoms with E-state index in [1.807, 2.05) is 0 Å². The largest absolute Gasteiger partial charge is 0.458 e. The molecule has 0 radical (unpaired) electrons. The van der Waals surface area contributed by atoms with Crippen LogP contribution in [0, 0.1) is 34.5 Å². The van der Waals surface area contributed by atoms with Crippen molar-refractivity contribution >= 4 is 12.3 Å². The van der Waals surface area contributed by atoms with Gasteiger partial charge in [0.05, 0.1) is 30.5 Å². The Labute approximate surface area is 287 Å². The van der Waals surface area contributed by atoms with Crippen LogP contribution >= 0.6 is 0 Å². The molecule has 13 nitrogen and oxygen atoms in total. The Morgan fingerprint density at radius 3 is 2.45 bits per heavy atom. The minimum absolute atomic E-state index is 0.0272. The van der Waals surface area contributed by atoms with E-state index in [9.17, 15) is 35.1 Å². The summed E-state index contributed by atoms with van der Waals surface area (Å²) in [5.74, 6) is 0.0740. The summed E-state index contributed by atoms with van der Waals surface area (Å²) in [5, 5.41) is 52.9. The molecule has 0 bridgehead atoms. The van der Waals surface area contributed by atoms with Crippen molar-refractivity contribution in [3.8, 4) is 0 Å². The zero-order chi connectivity index (χ0) is 34.9. The van der Waals surface area contributed by atoms with Gasteiger partial charge in [0.1, 0.15) is 43.4 Å². The number of hydrogen-bond donors (Lipinski definition) is 5. The van der Waals surface area contributed by atoms with E-state index in [0.717, 1.165) is 44.1 Å². The zero-order valence-corrected chi connectivity index (χ0v) is 28.7. The molecule has 0 aromatic rings. The lowest BCUT2D eigenvalue weighted by atomic mass is 9.43. The summed E-state index contributed by atoms with van der Waals surface area (Å²) in [4.78, 5) is 25.1. The number of rotatable bonds is 8. The summed E-state index contributed by atoms with van der Waals surface area (Å²) < 4.78 is 35.4. The Bertz CT molecular complexity index is 1280. The molecule has 0 aromatic carbocycles. The predicted octanol–water partition coefficient (Wildman–Crippen LogP) is 1.14. The number of esters is 1. The summed E-state index contributed by atoms with van der Waals surface area (Å²) in [6, 6.07) is 0. The molecule has 2 saturated heterocycles. The van der Waals surface area contributed by atoms with Crippen molar-refractivity contribution < 1.29 is 63.5 Å². The molecule has 13 heteroatoms. The van der Waals surface area contributed by atoms with Crippen molar-refractivity contribution in [3.63, 3.8) is 0 Å². The second-order valence-corrected chi connectivity index (χ2v) is 16.1. The molecule has 49 heavy (non-hydrogen) atoms. The van der Waals surface area contributed by atoms with Crippen LogP contribution in [-0.4, -0.2) is 125 Å². The van der Waals surface area contributed by atoms with Gasteiger partial charge in [-0.1, -0.05) is 6.92 Å². The van der Waals surface area contributed by atoms with Gasteiger partial charge in [0.2, 0.25) is 0 Å². The maximum Gasteiger partial charge on any atom is 0.331 e. The standard InChI is InChI=1S/C36H54O13/c1-18-32(49-33-31(42)30(41)29(40)26(15-37)48-33)25(44-3)14-28(46-18)47-21-6-10-35(17-38)20(13-21)4-5-24-23(35)7-9-34(2)22(8-11-36(24,34)43)19-12-27(39)45-16-19/h12,17-18,20-26,28-33,37,40-43H,4-11,13-16H2,1-3H3/t18-,20+,21+,22+,23-,24+,25+,26+,28-,29+,30-,31+,32+,33-,34-,35-,36+/m1/s1. The number of hydrogen-bond acceptors (Lipinski definition) is 13. The van der Waals surface area contributed by atoms with Gasteiger partial charge in [-0.15, -0.1) is 0 Å². The Hall–Kier alpha value is -1.52. The van der Waals surface area contributed by atoms with E-state index in [4.69, 9.17) is 28.4 Å². The van der Waals surface area contributed by atoms with Crippen LogP contribution in [-0.2, 0) is 38.0 Å². The van der Waals surface area contributed by atoms with Crippen LogP contribution in [0.15, 0.2) is 11.6 Å². The molecule has 0 aromatic heterocycles.